The number of hydrogen-bond donors (Lipinski definition) is 2. The lowest BCUT2D eigenvalue weighted by Gasteiger charge is -2.11. The fraction of sp³-hybridized carbons (Fsp3) is 1.00. The Labute approximate surface area is 92.0 Å². The van der Waals surface area contributed by atoms with Gasteiger partial charge in [0.1, 0.15) is 0 Å². The molecule has 6 heteroatoms. The molecule has 4 nitrogen and oxygen atoms in total. The van der Waals surface area contributed by atoms with Gasteiger partial charge in [0.05, 0.1) is 31.5 Å². The Hall–Kier alpha value is 0.220. The van der Waals surface area contributed by atoms with Gasteiger partial charge in [0.25, 0.3) is 0 Å². The van der Waals surface area contributed by atoms with E-state index in [1.807, 2.05) is 41.5 Å². The van der Waals surface area contributed by atoms with E-state index in [1.54, 1.807) is 0 Å². The van der Waals surface area contributed by atoms with E-state index < -0.39 is 22.0 Å². The molecular weight excluding hydrogens is 220 g/mol. The predicted octanol–water partition coefficient (Wildman–Crippen LogP) is 0.815. The van der Waals surface area contributed by atoms with E-state index in [9.17, 15) is 8.42 Å². The second-order valence-electron chi connectivity index (χ2n) is 4.82. The number of nitrogens with two attached hydrogens (primary N) is 2. The Kier molecular flexibility index (Phi) is 7.07. The molecule has 0 radical (unpaired) electrons. The molecule has 0 aromatic rings. The average Bonchev–Trinajstić information content (AvgIpc) is 1.83. The fourth-order valence-corrected chi connectivity index (χ4v) is 0. The predicted molar refractivity (Wildman–Crippen MR) is 64.2 cm³/mol. The second-order valence-corrected chi connectivity index (χ2v) is 8.46. The van der Waals surface area contributed by atoms with Crippen LogP contribution in [0.1, 0.15) is 41.5 Å². The number of hydrogen-bond acceptors (Lipinski definition) is 2. The van der Waals surface area contributed by atoms with Gasteiger partial charge in [-0.3, -0.25) is 10.3 Å². The van der Waals surface area contributed by atoms with Gasteiger partial charge in [-0.1, -0.05) is 0 Å². The van der Waals surface area contributed by atoms with Crippen LogP contribution in [0.5, 0.6) is 0 Å². The van der Waals surface area contributed by atoms with Gasteiger partial charge in [-0.25, -0.2) is 8.42 Å². The zero-order valence-corrected chi connectivity index (χ0v) is 11.4. The van der Waals surface area contributed by atoms with Crippen molar-refractivity contribution in [3.8, 4) is 0 Å². The van der Waals surface area contributed by atoms with Gasteiger partial charge in [-0.05, 0) is 41.5 Å². The molecule has 0 aliphatic heterocycles. The lowest BCUT2D eigenvalue weighted by molar-refractivity contribution is 0.650. The third-order valence-electron chi connectivity index (χ3n) is 1.21. The minimum atomic E-state index is -1.18. The van der Waals surface area contributed by atoms with Gasteiger partial charge in [0.2, 0.25) is 0 Å². The first-order valence-electron chi connectivity index (χ1n) is 4.21. The molecule has 0 aliphatic carbocycles. The topological polar surface area (TPSA) is 86.2 Å². The van der Waals surface area contributed by atoms with Crippen molar-refractivity contribution in [2.24, 2.45) is 10.3 Å². The third-order valence-corrected chi connectivity index (χ3v) is 3.62. The lowest BCUT2D eigenvalue weighted by Crippen LogP contribution is -2.27. The molecule has 0 aliphatic rings. The summed E-state index contributed by atoms with van der Waals surface area (Å²) in [6, 6.07) is 0. The standard InChI is InChI=1S/2C4H11NOS/c2*1-4(2,3)7(5)6/h2*5H2,1-3H3. The molecule has 0 rings (SSSR count). The van der Waals surface area contributed by atoms with Crippen molar-refractivity contribution in [1.82, 2.24) is 0 Å². The van der Waals surface area contributed by atoms with Crippen LogP contribution in [-0.2, 0) is 22.0 Å². The van der Waals surface area contributed by atoms with Crippen LogP contribution < -0.4 is 10.3 Å². The van der Waals surface area contributed by atoms with Gasteiger partial charge in [-0.2, -0.15) is 0 Å². The zero-order valence-electron chi connectivity index (χ0n) is 9.79. The quantitative estimate of drug-likeness (QED) is 0.658. The summed E-state index contributed by atoms with van der Waals surface area (Å²) in [6.07, 6.45) is 0. The van der Waals surface area contributed by atoms with Crippen LogP contribution in [0.15, 0.2) is 0 Å². The second kappa shape index (κ2) is 5.95. The minimum Gasteiger partial charge on any atom is -0.251 e. The zero-order chi connectivity index (χ0) is 12.2. The first-order chi connectivity index (χ1) is 5.89. The lowest BCUT2D eigenvalue weighted by atomic mass is 10.3. The van der Waals surface area contributed by atoms with Crippen LogP contribution in [0.2, 0.25) is 0 Å². The first kappa shape index (κ1) is 16.6. The van der Waals surface area contributed by atoms with E-state index in [0.29, 0.717) is 0 Å². The van der Waals surface area contributed by atoms with Crippen molar-refractivity contribution in [3.05, 3.63) is 0 Å². The molecule has 0 amide bonds. The van der Waals surface area contributed by atoms with Crippen molar-refractivity contribution in [1.29, 1.82) is 0 Å². The van der Waals surface area contributed by atoms with Crippen molar-refractivity contribution in [2.75, 3.05) is 0 Å². The van der Waals surface area contributed by atoms with Crippen LogP contribution in [0, 0.1) is 0 Å². The Morgan fingerprint density at radius 3 is 0.786 bits per heavy atom. The minimum absolute atomic E-state index is 0.250. The molecule has 88 valence electrons. The van der Waals surface area contributed by atoms with Crippen molar-refractivity contribution >= 4 is 22.0 Å². The maximum absolute atomic E-state index is 10.4. The largest absolute Gasteiger partial charge is 0.251 e. The summed E-state index contributed by atoms with van der Waals surface area (Å²) >= 11 is 0. The van der Waals surface area contributed by atoms with Crippen LogP contribution in [0.3, 0.4) is 0 Å². The van der Waals surface area contributed by atoms with E-state index in [2.05, 4.69) is 0 Å². The molecule has 0 heterocycles. The molecule has 4 N–H and O–H groups in total. The summed E-state index contributed by atoms with van der Waals surface area (Å²) in [4.78, 5) is 0. The van der Waals surface area contributed by atoms with Gasteiger partial charge < -0.3 is 0 Å². The highest BCUT2D eigenvalue weighted by Crippen LogP contribution is 2.05. The molecule has 0 saturated heterocycles. The summed E-state index contributed by atoms with van der Waals surface area (Å²) in [7, 11) is -2.37. The van der Waals surface area contributed by atoms with E-state index >= 15 is 0 Å². The smallest absolute Gasteiger partial charge is 0.0942 e. The molecule has 0 fully saturated rings. The molecule has 0 spiro atoms. The molecule has 2 unspecified atom stereocenters. The molecule has 0 aromatic heterocycles. The van der Waals surface area contributed by atoms with Crippen molar-refractivity contribution < 1.29 is 8.42 Å². The van der Waals surface area contributed by atoms with E-state index in [-0.39, 0.29) is 9.49 Å². The third kappa shape index (κ3) is 10.3. The van der Waals surface area contributed by atoms with E-state index in [0.717, 1.165) is 0 Å². The van der Waals surface area contributed by atoms with Crippen molar-refractivity contribution in [3.63, 3.8) is 0 Å². The first-order valence-corrected chi connectivity index (χ1v) is 6.64. The van der Waals surface area contributed by atoms with Gasteiger partial charge in [0, 0.05) is 0 Å². The highest BCUT2D eigenvalue weighted by atomic mass is 32.2. The van der Waals surface area contributed by atoms with Crippen LogP contribution in [0.4, 0.5) is 0 Å². The van der Waals surface area contributed by atoms with Crippen LogP contribution in [0.25, 0.3) is 0 Å². The van der Waals surface area contributed by atoms with Gasteiger partial charge in [0.15, 0.2) is 0 Å². The average molecular weight is 242 g/mol. The molecular formula is C8H22N2O2S2. The van der Waals surface area contributed by atoms with Gasteiger partial charge >= 0.3 is 0 Å². The maximum atomic E-state index is 10.4. The summed E-state index contributed by atoms with van der Waals surface area (Å²) in [6.45, 7) is 11.0. The summed E-state index contributed by atoms with van der Waals surface area (Å²) in [5.74, 6) is 0. The molecule has 0 aromatic carbocycles. The van der Waals surface area contributed by atoms with Crippen LogP contribution >= 0.6 is 0 Å². The summed E-state index contributed by atoms with van der Waals surface area (Å²) < 4.78 is 20.2. The Morgan fingerprint density at radius 1 is 0.714 bits per heavy atom. The van der Waals surface area contributed by atoms with Crippen LogP contribution in [-0.4, -0.2) is 17.9 Å². The van der Waals surface area contributed by atoms with Crippen molar-refractivity contribution in [2.45, 2.75) is 51.0 Å². The summed E-state index contributed by atoms with van der Waals surface area (Å²) in [5, 5.41) is 10.1. The Morgan fingerprint density at radius 2 is 0.786 bits per heavy atom. The van der Waals surface area contributed by atoms with E-state index in [4.69, 9.17) is 10.3 Å². The molecule has 0 bridgehead atoms. The molecule has 2 atom stereocenters. The fourth-order valence-electron chi connectivity index (χ4n) is 0. The number of rotatable bonds is 0. The van der Waals surface area contributed by atoms with E-state index in [1.165, 1.54) is 0 Å². The highest BCUT2D eigenvalue weighted by Gasteiger charge is 2.14. The molecule has 14 heavy (non-hydrogen) atoms. The molecule has 0 saturated carbocycles. The maximum Gasteiger partial charge on any atom is 0.0942 e. The SMILES string of the molecule is CC(C)(C)S(N)=O.CC(C)(C)S(N)=O. The highest BCUT2D eigenvalue weighted by molar-refractivity contribution is 7.84. The summed E-state index contributed by atoms with van der Waals surface area (Å²) in [5.41, 5.74) is 0. The Bertz CT molecular complexity index is 192. The normalized spacial score (nSPS) is 16.6. The monoisotopic (exact) mass is 242 g/mol. The Balaban J connectivity index is 0. The van der Waals surface area contributed by atoms with Gasteiger partial charge in [-0.15, -0.1) is 0 Å².